The zero-order valence-electron chi connectivity index (χ0n) is 46.8. The Balaban J connectivity index is 0.000000120. The predicted octanol–water partition coefficient (Wildman–Crippen LogP) is 10.8. The number of nitrogens with two attached hydrogens (primary N) is 3. The molecular weight excluding hydrogens is 1040 g/mol. The molecule has 7 aliphatic carbocycles. The van der Waals surface area contributed by atoms with E-state index in [2.05, 4.69) is 10.6 Å². The van der Waals surface area contributed by atoms with E-state index in [-0.39, 0.29) is 94.9 Å². The van der Waals surface area contributed by atoms with Crippen molar-refractivity contribution in [3.63, 3.8) is 0 Å². The number of esters is 2. The fourth-order valence-corrected chi connectivity index (χ4v) is 13.0. The van der Waals surface area contributed by atoms with Crippen LogP contribution in [0.5, 0.6) is 0 Å². The number of carbonyl (C=O) groups excluding carboxylic acids is 4. The average Bonchev–Trinajstić information content (AvgIpc) is 2.57. The molecule has 14 rings (SSSR count). The molecular formula is C65H74F5N5O6. The third kappa shape index (κ3) is 10.9. The van der Waals surface area contributed by atoms with Gasteiger partial charge in [0.1, 0.15) is 29.1 Å². The first-order chi connectivity index (χ1) is 38.2. The van der Waals surface area contributed by atoms with Crippen LogP contribution in [0, 0.1) is 50.7 Å². The van der Waals surface area contributed by atoms with Crippen molar-refractivity contribution in [1.29, 1.82) is 0 Å². The van der Waals surface area contributed by atoms with Gasteiger partial charge >= 0.3 is 11.9 Å². The number of hydrogen-bond acceptors (Lipinski definition) is 9. The van der Waals surface area contributed by atoms with Gasteiger partial charge in [0.15, 0.2) is 11.2 Å². The molecule has 81 heavy (non-hydrogen) atoms. The standard InChI is InChI=1S/2C19H22FNO3.3C9H10FN/c2*1-17(2)18(3)7-8-19(17,24-16(18)23)15(22)21-14-10-13(14)11-5-4-6-12(20)9-11;3*10-7-3-1-2-6(4-7)8-5-9(8)11/h2*4-6,9,13-14H,7-8,10H2,1-3H3,(H,21,22);3*1-4,8-9H,5,11H2/t2*13-,14+,18?,19?;2*8-,9+;/m1010./s1. The highest BCUT2D eigenvalue weighted by Crippen LogP contribution is 2.67. The molecule has 11 nitrogen and oxygen atoms in total. The van der Waals surface area contributed by atoms with E-state index in [1.165, 1.54) is 42.5 Å². The van der Waals surface area contributed by atoms with Gasteiger partial charge in [-0.3, -0.25) is 19.2 Å². The van der Waals surface area contributed by atoms with E-state index in [1.807, 2.05) is 71.9 Å². The van der Waals surface area contributed by atoms with Gasteiger partial charge in [-0.25, -0.2) is 22.0 Å². The van der Waals surface area contributed by atoms with E-state index < -0.39 is 32.9 Å². The Morgan fingerprint density at radius 1 is 0.420 bits per heavy atom. The second-order valence-corrected chi connectivity index (χ2v) is 25.5. The molecule has 0 radical (unpaired) electrons. The lowest BCUT2D eigenvalue weighted by atomic mass is 9.66. The van der Waals surface area contributed by atoms with Crippen LogP contribution in [0.1, 0.15) is 157 Å². The first kappa shape index (κ1) is 57.7. The third-order valence-corrected chi connectivity index (χ3v) is 20.0. The number of carbonyl (C=O) groups is 4. The Morgan fingerprint density at radius 3 is 0.864 bits per heavy atom. The minimum atomic E-state index is -1.08. The smallest absolute Gasteiger partial charge is 0.313 e. The van der Waals surface area contributed by atoms with Gasteiger partial charge in [-0.15, -0.1) is 0 Å². The Bertz CT molecular complexity index is 2990. The third-order valence-electron chi connectivity index (χ3n) is 20.0. The number of ether oxygens (including phenoxy) is 2. The van der Waals surface area contributed by atoms with Gasteiger partial charge < -0.3 is 37.3 Å². The molecule has 16 heteroatoms. The maximum Gasteiger partial charge on any atom is 0.313 e. The van der Waals surface area contributed by atoms with E-state index in [0.717, 1.165) is 59.9 Å². The van der Waals surface area contributed by atoms with Crippen molar-refractivity contribution in [1.82, 2.24) is 10.6 Å². The molecule has 14 atom stereocenters. The van der Waals surface area contributed by atoms with Gasteiger partial charge in [0.2, 0.25) is 0 Å². The molecule has 2 amide bonds. The summed E-state index contributed by atoms with van der Waals surface area (Å²) < 4.78 is 75.8. The molecule has 430 valence electrons. The quantitative estimate of drug-likeness (QED) is 0.0707. The second-order valence-electron chi connectivity index (χ2n) is 25.5. The molecule has 6 unspecified atom stereocenters. The van der Waals surface area contributed by atoms with E-state index in [9.17, 15) is 41.1 Å². The van der Waals surface area contributed by atoms with Crippen LogP contribution in [0.4, 0.5) is 22.0 Å². The lowest BCUT2D eigenvalue weighted by Crippen LogP contribution is -2.54. The number of benzene rings is 5. The summed E-state index contributed by atoms with van der Waals surface area (Å²) in [5.41, 5.74) is 17.4. The van der Waals surface area contributed by atoms with Gasteiger partial charge in [-0.1, -0.05) is 88.4 Å². The highest BCUT2D eigenvalue weighted by Gasteiger charge is 2.77. The van der Waals surface area contributed by atoms with Crippen molar-refractivity contribution in [3.05, 3.63) is 178 Å². The summed E-state index contributed by atoms with van der Waals surface area (Å²) in [6.07, 6.45) is 7.05. The summed E-state index contributed by atoms with van der Waals surface area (Å²) in [5, 5.41) is 6.07. The first-order valence-electron chi connectivity index (χ1n) is 28.4. The number of rotatable bonds is 9. The van der Waals surface area contributed by atoms with Crippen LogP contribution in [-0.4, -0.2) is 65.2 Å². The van der Waals surface area contributed by atoms with Crippen molar-refractivity contribution < 1.29 is 50.6 Å². The molecule has 2 aliphatic heterocycles. The SMILES string of the molecule is CC12CCC(C(=O)N[C@@H]3C[C@H]3c3cccc(F)c3)(OC1=O)C2(C)C.CC12CCC(C(=O)N[C@H]3C[C@@H]3c3cccc(F)c3)(OC1=O)C2(C)C.NC1CC1c1cccc(F)c1.N[C@@H]1C[C@H]1c1cccc(F)c1.N[C@H]1C[C@@H]1c1cccc(F)c1. The van der Waals surface area contributed by atoms with Gasteiger partial charge in [-0.2, -0.15) is 0 Å². The molecule has 0 spiro atoms. The summed E-state index contributed by atoms with van der Waals surface area (Å²) in [5.74, 6) is -0.481. The highest BCUT2D eigenvalue weighted by molar-refractivity contribution is 5.97. The van der Waals surface area contributed by atoms with Gasteiger partial charge in [-0.05, 0) is 160 Å². The van der Waals surface area contributed by atoms with Crippen LogP contribution in [0.3, 0.4) is 0 Å². The molecule has 4 bridgehead atoms. The van der Waals surface area contributed by atoms with Gasteiger partial charge in [0.25, 0.3) is 11.8 Å². The monoisotopic (exact) mass is 1120 g/mol. The van der Waals surface area contributed by atoms with Crippen molar-refractivity contribution >= 4 is 23.8 Å². The van der Waals surface area contributed by atoms with Crippen molar-refractivity contribution in [2.75, 3.05) is 0 Å². The van der Waals surface area contributed by atoms with E-state index in [1.54, 1.807) is 48.5 Å². The van der Waals surface area contributed by atoms with Crippen LogP contribution in [0.15, 0.2) is 121 Å². The summed E-state index contributed by atoms with van der Waals surface area (Å²) in [7, 11) is 0. The molecule has 9 aliphatic rings. The Hall–Kier alpha value is -6.49. The summed E-state index contributed by atoms with van der Waals surface area (Å²) in [6, 6.07) is 33.8. The maximum absolute atomic E-state index is 13.4. The van der Waals surface area contributed by atoms with Crippen LogP contribution in [-0.2, 0) is 28.7 Å². The van der Waals surface area contributed by atoms with E-state index in [0.29, 0.717) is 43.4 Å². The van der Waals surface area contributed by atoms with Crippen LogP contribution < -0.4 is 27.8 Å². The molecule has 9 fully saturated rings. The molecule has 8 N–H and O–H groups in total. The fourth-order valence-electron chi connectivity index (χ4n) is 13.0. The number of hydrogen-bond donors (Lipinski definition) is 5. The average molecular weight is 1120 g/mol. The molecule has 5 aromatic rings. The van der Waals surface area contributed by atoms with Crippen molar-refractivity contribution in [2.24, 2.45) is 38.9 Å². The summed E-state index contributed by atoms with van der Waals surface area (Å²) in [4.78, 5) is 50.4. The zero-order chi connectivity index (χ0) is 58.2. The van der Waals surface area contributed by atoms with Gasteiger partial charge in [0, 0.05) is 70.6 Å². The Labute approximate surface area is 470 Å². The van der Waals surface area contributed by atoms with Crippen molar-refractivity contribution in [3.8, 4) is 0 Å². The number of amides is 2. The lowest BCUT2D eigenvalue weighted by molar-refractivity contribution is -0.168. The number of halogens is 5. The van der Waals surface area contributed by atoms with Crippen LogP contribution in [0.2, 0.25) is 0 Å². The number of fused-ring (bicyclic) bond motifs is 4. The van der Waals surface area contributed by atoms with Crippen LogP contribution in [0.25, 0.3) is 0 Å². The van der Waals surface area contributed by atoms with E-state index in [4.69, 9.17) is 26.7 Å². The molecule has 5 aromatic carbocycles. The topological polar surface area (TPSA) is 189 Å². The molecule has 2 heterocycles. The Morgan fingerprint density at radius 2 is 0.667 bits per heavy atom. The minimum Gasteiger partial charge on any atom is -0.448 e. The van der Waals surface area contributed by atoms with Crippen LogP contribution >= 0.6 is 0 Å². The highest BCUT2D eigenvalue weighted by atomic mass is 19.1. The van der Waals surface area contributed by atoms with Gasteiger partial charge in [0.05, 0.1) is 10.8 Å². The first-order valence-corrected chi connectivity index (χ1v) is 28.4. The Kier molecular flexibility index (Phi) is 15.2. The molecule has 2 saturated heterocycles. The number of nitrogens with one attached hydrogen (secondary N) is 2. The molecule has 7 saturated carbocycles. The fraction of sp³-hybridized carbons (Fsp3) is 0.477. The van der Waals surface area contributed by atoms with Crippen molar-refractivity contribution in [2.45, 2.75) is 170 Å². The second kappa shape index (κ2) is 21.4. The predicted molar refractivity (Wildman–Crippen MR) is 296 cm³/mol. The molecule has 0 aromatic heterocycles. The summed E-state index contributed by atoms with van der Waals surface area (Å²) >= 11 is 0. The normalized spacial score (nSPS) is 34.6. The largest absolute Gasteiger partial charge is 0.448 e. The lowest BCUT2D eigenvalue weighted by Gasteiger charge is -2.35. The summed E-state index contributed by atoms with van der Waals surface area (Å²) in [6.45, 7) is 11.6. The maximum atomic E-state index is 13.4. The minimum absolute atomic E-state index is 0.0179. The van der Waals surface area contributed by atoms with E-state index >= 15 is 0 Å². The zero-order valence-corrected chi connectivity index (χ0v) is 46.8.